The molecular weight excluding hydrogens is 330 g/mol. The molecule has 1 aliphatic heterocycles. The number of carbonyl (C=O) groups excluding carboxylic acids is 1. The van der Waals surface area contributed by atoms with Gasteiger partial charge in [0, 0.05) is 24.0 Å². The molecule has 1 aliphatic rings. The van der Waals surface area contributed by atoms with E-state index in [0.717, 1.165) is 41.0 Å². The average molecular weight is 351 g/mol. The van der Waals surface area contributed by atoms with Crippen LogP contribution >= 0.6 is 11.3 Å². The molecule has 4 nitrogen and oxygen atoms in total. The number of hydrogen-bond acceptors (Lipinski definition) is 4. The minimum Gasteiger partial charge on any atom is -0.397 e. The zero-order valence-electron chi connectivity index (χ0n) is 14.2. The highest BCUT2D eigenvalue weighted by Gasteiger charge is 2.26. The van der Waals surface area contributed by atoms with Crippen molar-refractivity contribution in [1.29, 1.82) is 0 Å². The fraction of sp³-hybridized carbons (Fsp3) is 0.300. The Morgan fingerprint density at radius 3 is 2.80 bits per heavy atom. The first-order valence-corrected chi connectivity index (χ1v) is 9.49. The number of likely N-dealkylation sites (tertiary alicyclic amines) is 1. The monoisotopic (exact) mass is 351 g/mol. The fourth-order valence-corrected chi connectivity index (χ4v) is 4.50. The number of nitrogen functional groups attached to an aromatic ring is 1. The van der Waals surface area contributed by atoms with Crippen LogP contribution in [0.25, 0.3) is 21.5 Å². The van der Waals surface area contributed by atoms with E-state index in [9.17, 15) is 4.79 Å². The number of piperidine rings is 1. The van der Waals surface area contributed by atoms with E-state index in [2.05, 4.69) is 6.92 Å². The lowest BCUT2D eigenvalue weighted by molar-refractivity contribution is 0.0689. The maximum absolute atomic E-state index is 12.9. The molecule has 2 aromatic heterocycles. The van der Waals surface area contributed by atoms with Crippen molar-refractivity contribution in [3.63, 3.8) is 0 Å². The van der Waals surface area contributed by atoms with Crippen LogP contribution in [0.5, 0.6) is 0 Å². The van der Waals surface area contributed by atoms with Crippen molar-refractivity contribution >= 4 is 33.1 Å². The minimum absolute atomic E-state index is 0.0494. The Bertz CT molecular complexity index is 919. The van der Waals surface area contributed by atoms with Gasteiger partial charge < -0.3 is 10.6 Å². The van der Waals surface area contributed by atoms with Gasteiger partial charge in [0.05, 0.1) is 11.4 Å². The molecule has 0 radical (unpaired) electrons. The van der Waals surface area contributed by atoms with E-state index in [1.165, 1.54) is 17.8 Å². The van der Waals surface area contributed by atoms with Crippen molar-refractivity contribution in [2.45, 2.75) is 19.8 Å². The predicted molar refractivity (Wildman–Crippen MR) is 104 cm³/mol. The normalized spacial score (nSPS) is 17.8. The third-order valence-electron chi connectivity index (χ3n) is 4.80. The number of thiophene rings is 1. The molecule has 5 heteroatoms. The van der Waals surface area contributed by atoms with Gasteiger partial charge in [0.25, 0.3) is 5.91 Å². The summed E-state index contributed by atoms with van der Waals surface area (Å²) in [6.07, 6.45) is 2.25. The van der Waals surface area contributed by atoms with Crippen molar-refractivity contribution in [2.24, 2.45) is 5.92 Å². The molecule has 1 fully saturated rings. The van der Waals surface area contributed by atoms with Gasteiger partial charge in [-0.1, -0.05) is 37.3 Å². The summed E-state index contributed by atoms with van der Waals surface area (Å²) in [5.74, 6) is 0.601. The van der Waals surface area contributed by atoms with Crippen LogP contribution in [0, 0.1) is 5.92 Å². The van der Waals surface area contributed by atoms with E-state index < -0.39 is 0 Å². The Hall–Kier alpha value is -2.40. The van der Waals surface area contributed by atoms with Crippen LogP contribution in [-0.4, -0.2) is 28.9 Å². The molecule has 2 N–H and O–H groups in total. The second-order valence-corrected chi connectivity index (χ2v) is 7.76. The lowest BCUT2D eigenvalue weighted by Crippen LogP contribution is -2.38. The lowest BCUT2D eigenvalue weighted by atomic mass is 10.00. The van der Waals surface area contributed by atoms with E-state index in [-0.39, 0.29) is 5.91 Å². The highest BCUT2D eigenvalue weighted by molar-refractivity contribution is 7.21. The van der Waals surface area contributed by atoms with Crippen molar-refractivity contribution in [1.82, 2.24) is 9.88 Å². The standard InChI is InChI=1S/C20H21N3OS/c1-13-6-5-11-23(12-13)20(24)18-17(21)15-9-10-16(22-19(15)25-18)14-7-3-2-4-8-14/h2-4,7-10,13H,5-6,11-12,21H2,1H3. The van der Waals surface area contributed by atoms with Gasteiger partial charge in [0.15, 0.2) is 0 Å². The molecule has 1 aromatic carbocycles. The van der Waals surface area contributed by atoms with Gasteiger partial charge >= 0.3 is 0 Å². The number of aromatic nitrogens is 1. The van der Waals surface area contributed by atoms with Gasteiger partial charge in [0.1, 0.15) is 9.71 Å². The Kier molecular flexibility index (Phi) is 4.17. The SMILES string of the molecule is CC1CCCN(C(=O)c2sc3nc(-c4ccccc4)ccc3c2N)C1. The smallest absolute Gasteiger partial charge is 0.266 e. The third kappa shape index (κ3) is 3.00. The third-order valence-corrected chi connectivity index (χ3v) is 5.91. The molecular formula is C20H21N3OS. The summed E-state index contributed by atoms with van der Waals surface area (Å²) in [5, 5.41) is 0.873. The molecule has 3 aromatic rings. The van der Waals surface area contributed by atoms with Gasteiger partial charge in [-0.25, -0.2) is 4.98 Å². The fourth-order valence-electron chi connectivity index (χ4n) is 3.44. The van der Waals surface area contributed by atoms with Crippen LogP contribution in [-0.2, 0) is 0 Å². The second kappa shape index (κ2) is 6.48. The van der Waals surface area contributed by atoms with Crippen molar-refractivity contribution < 1.29 is 4.79 Å². The molecule has 1 unspecified atom stereocenters. The van der Waals surface area contributed by atoms with E-state index in [1.54, 1.807) is 0 Å². The first kappa shape index (κ1) is 16.1. The van der Waals surface area contributed by atoms with Gasteiger partial charge in [-0.3, -0.25) is 4.79 Å². The first-order valence-electron chi connectivity index (χ1n) is 8.67. The maximum Gasteiger partial charge on any atom is 0.266 e. The number of rotatable bonds is 2. The topological polar surface area (TPSA) is 59.2 Å². The highest BCUT2D eigenvalue weighted by atomic mass is 32.1. The quantitative estimate of drug-likeness (QED) is 0.743. The first-order chi connectivity index (χ1) is 12.1. The number of fused-ring (bicyclic) bond motifs is 1. The van der Waals surface area contributed by atoms with Crippen molar-refractivity contribution in [2.75, 3.05) is 18.8 Å². The summed E-state index contributed by atoms with van der Waals surface area (Å²) < 4.78 is 0. The van der Waals surface area contributed by atoms with Gasteiger partial charge in [-0.2, -0.15) is 0 Å². The van der Waals surface area contributed by atoms with E-state index in [0.29, 0.717) is 16.5 Å². The number of amides is 1. The molecule has 128 valence electrons. The summed E-state index contributed by atoms with van der Waals surface area (Å²) in [4.78, 5) is 21.0. The minimum atomic E-state index is 0.0494. The summed E-state index contributed by atoms with van der Waals surface area (Å²) in [6.45, 7) is 3.83. The van der Waals surface area contributed by atoms with Crippen LogP contribution in [0.4, 0.5) is 5.69 Å². The summed E-state index contributed by atoms with van der Waals surface area (Å²) >= 11 is 1.41. The Morgan fingerprint density at radius 2 is 2.04 bits per heavy atom. The van der Waals surface area contributed by atoms with E-state index in [1.807, 2.05) is 47.4 Å². The zero-order valence-corrected chi connectivity index (χ0v) is 15.1. The maximum atomic E-state index is 12.9. The average Bonchev–Trinajstić information content (AvgIpc) is 2.98. The lowest BCUT2D eigenvalue weighted by Gasteiger charge is -2.30. The number of hydrogen-bond donors (Lipinski definition) is 1. The molecule has 0 bridgehead atoms. The largest absolute Gasteiger partial charge is 0.397 e. The molecule has 3 heterocycles. The summed E-state index contributed by atoms with van der Waals surface area (Å²) in [5.41, 5.74) is 8.82. The number of benzene rings is 1. The van der Waals surface area contributed by atoms with Gasteiger partial charge in [-0.15, -0.1) is 11.3 Å². The molecule has 4 rings (SSSR count). The van der Waals surface area contributed by atoms with Crippen LogP contribution in [0.3, 0.4) is 0 Å². The van der Waals surface area contributed by atoms with E-state index >= 15 is 0 Å². The summed E-state index contributed by atoms with van der Waals surface area (Å²) in [6, 6.07) is 14.0. The van der Waals surface area contributed by atoms with Gasteiger partial charge in [-0.05, 0) is 30.9 Å². The van der Waals surface area contributed by atoms with Crippen LogP contribution < -0.4 is 5.73 Å². The molecule has 0 aliphatic carbocycles. The molecule has 0 saturated carbocycles. The van der Waals surface area contributed by atoms with Gasteiger partial charge in [0.2, 0.25) is 0 Å². The number of carbonyl (C=O) groups is 1. The Labute approximate surface area is 151 Å². The van der Waals surface area contributed by atoms with Crippen molar-refractivity contribution in [3.05, 3.63) is 47.3 Å². The second-order valence-electron chi connectivity index (χ2n) is 6.76. The molecule has 1 saturated heterocycles. The Balaban J connectivity index is 1.71. The number of nitrogens with zero attached hydrogens (tertiary/aromatic N) is 2. The van der Waals surface area contributed by atoms with Crippen LogP contribution in [0.2, 0.25) is 0 Å². The number of pyridine rings is 1. The number of anilines is 1. The molecule has 1 atom stereocenters. The molecule has 1 amide bonds. The zero-order chi connectivity index (χ0) is 17.4. The Morgan fingerprint density at radius 1 is 1.24 bits per heavy atom. The molecule has 25 heavy (non-hydrogen) atoms. The highest BCUT2D eigenvalue weighted by Crippen LogP contribution is 2.35. The van der Waals surface area contributed by atoms with E-state index in [4.69, 9.17) is 10.7 Å². The van der Waals surface area contributed by atoms with Crippen LogP contribution in [0.1, 0.15) is 29.4 Å². The summed E-state index contributed by atoms with van der Waals surface area (Å²) in [7, 11) is 0. The predicted octanol–water partition coefficient (Wildman–Crippen LogP) is 4.42. The van der Waals surface area contributed by atoms with Crippen LogP contribution in [0.15, 0.2) is 42.5 Å². The van der Waals surface area contributed by atoms with Crippen molar-refractivity contribution in [3.8, 4) is 11.3 Å². The molecule has 0 spiro atoms. The number of nitrogens with two attached hydrogens (primary N) is 1.